The van der Waals surface area contributed by atoms with Crippen LogP contribution in [0.2, 0.25) is 0 Å². The highest BCUT2D eigenvalue weighted by molar-refractivity contribution is 6.07. The maximum absolute atomic E-state index is 13.7. The largest absolute Gasteiger partial charge is 0.339 e. The fourth-order valence-electron chi connectivity index (χ4n) is 3.22. The standard InChI is InChI=1S/C20H17FN2O/c21-15-8-9-18-16(12-15)17(20(24)23-10-4-5-11-23)13-19(22-18)14-6-2-1-3-7-14/h1-3,6-9,12-13H,4-5,10-11H2. The van der Waals surface area contributed by atoms with Gasteiger partial charge in [-0.25, -0.2) is 9.37 Å². The van der Waals surface area contributed by atoms with E-state index in [1.54, 1.807) is 12.1 Å². The van der Waals surface area contributed by atoms with Gasteiger partial charge in [-0.3, -0.25) is 4.79 Å². The van der Waals surface area contributed by atoms with Gasteiger partial charge in [0.25, 0.3) is 5.91 Å². The Morgan fingerprint density at radius 3 is 2.50 bits per heavy atom. The smallest absolute Gasteiger partial charge is 0.254 e. The van der Waals surface area contributed by atoms with Crippen LogP contribution in [0.15, 0.2) is 54.6 Å². The summed E-state index contributed by atoms with van der Waals surface area (Å²) in [5, 5.41) is 0.576. The molecular weight excluding hydrogens is 303 g/mol. The lowest BCUT2D eigenvalue weighted by Gasteiger charge is -2.17. The highest BCUT2D eigenvalue weighted by atomic mass is 19.1. The van der Waals surface area contributed by atoms with E-state index in [1.165, 1.54) is 12.1 Å². The van der Waals surface area contributed by atoms with Crippen LogP contribution in [0.5, 0.6) is 0 Å². The zero-order valence-corrected chi connectivity index (χ0v) is 13.2. The molecule has 0 bridgehead atoms. The van der Waals surface area contributed by atoms with Gasteiger partial charge in [0.2, 0.25) is 0 Å². The summed E-state index contributed by atoms with van der Waals surface area (Å²) in [5.41, 5.74) is 2.84. The molecule has 1 aliphatic rings. The number of fused-ring (bicyclic) bond motifs is 1. The van der Waals surface area contributed by atoms with Crippen LogP contribution in [0.3, 0.4) is 0 Å². The zero-order chi connectivity index (χ0) is 16.5. The van der Waals surface area contributed by atoms with Gasteiger partial charge in [-0.05, 0) is 37.1 Å². The number of pyridine rings is 1. The van der Waals surface area contributed by atoms with Crippen LogP contribution in [0.1, 0.15) is 23.2 Å². The Morgan fingerprint density at radius 2 is 1.75 bits per heavy atom. The third-order valence-electron chi connectivity index (χ3n) is 4.46. The van der Waals surface area contributed by atoms with E-state index in [1.807, 2.05) is 35.2 Å². The maximum atomic E-state index is 13.7. The van der Waals surface area contributed by atoms with Gasteiger partial charge in [-0.2, -0.15) is 0 Å². The van der Waals surface area contributed by atoms with E-state index < -0.39 is 0 Å². The van der Waals surface area contributed by atoms with Gasteiger partial charge in [0, 0.05) is 24.0 Å². The molecule has 0 aliphatic carbocycles. The Hall–Kier alpha value is -2.75. The Bertz CT molecular complexity index is 902. The molecule has 0 radical (unpaired) electrons. The van der Waals surface area contributed by atoms with E-state index in [-0.39, 0.29) is 11.7 Å². The molecule has 3 nitrogen and oxygen atoms in total. The summed E-state index contributed by atoms with van der Waals surface area (Å²) in [6.45, 7) is 1.53. The average Bonchev–Trinajstić information content (AvgIpc) is 3.15. The van der Waals surface area contributed by atoms with Gasteiger partial charge in [0.15, 0.2) is 0 Å². The lowest BCUT2D eigenvalue weighted by molar-refractivity contribution is 0.0794. The zero-order valence-electron chi connectivity index (χ0n) is 13.2. The van der Waals surface area contributed by atoms with Gasteiger partial charge in [0.1, 0.15) is 5.82 Å². The molecule has 0 atom stereocenters. The number of rotatable bonds is 2. The Balaban J connectivity index is 1.91. The lowest BCUT2D eigenvalue weighted by atomic mass is 10.0. The van der Waals surface area contributed by atoms with E-state index in [9.17, 15) is 9.18 Å². The normalized spacial score (nSPS) is 14.3. The number of benzene rings is 2. The van der Waals surface area contributed by atoms with Crippen molar-refractivity contribution in [2.24, 2.45) is 0 Å². The number of likely N-dealkylation sites (tertiary alicyclic amines) is 1. The van der Waals surface area contributed by atoms with Crippen LogP contribution in [-0.4, -0.2) is 28.9 Å². The van der Waals surface area contributed by atoms with Crippen LogP contribution >= 0.6 is 0 Å². The van der Waals surface area contributed by atoms with Crippen molar-refractivity contribution in [2.75, 3.05) is 13.1 Å². The molecular formula is C20H17FN2O. The summed E-state index contributed by atoms with van der Waals surface area (Å²) in [5.74, 6) is -0.394. The second-order valence-electron chi connectivity index (χ2n) is 6.08. The third kappa shape index (κ3) is 2.64. The summed E-state index contributed by atoms with van der Waals surface area (Å²) >= 11 is 0. The van der Waals surface area contributed by atoms with E-state index >= 15 is 0 Å². The molecule has 1 fully saturated rings. The predicted octanol–water partition coefficient (Wildman–Crippen LogP) is 4.28. The molecule has 3 aromatic rings. The van der Waals surface area contributed by atoms with Crippen LogP contribution in [0.4, 0.5) is 4.39 Å². The number of carbonyl (C=O) groups excluding carboxylic acids is 1. The van der Waals surface area contributed by atoms with Crippen LogP contribution < -0.4 is 0 Å². The van der Waals surface area contributed by atoms with Crippen LogP contribution in [-0.2, 0) is 0 Å². The van der Waals surface area contributed by atoms with Gasteiger partial charge in [0.05, 0.1) is 16.8 Å². The van der Waals surface area contributed by atoms with Crippen molar-refractivity contribution in [1.82, 2.24) is 9.88 Å². The maximum Gasteiger partial charge on any atom is 0.254 e. The van der Waals surface area contributed by atoms with Crippen molar-refractivity contribution in [3.05, 3.63) is 66.0 Å². The topological polar surface area (TPSA) is 33.2 Å². The van der Waals surface area contributed by atoms with Gasteiger partial charge >= 0.3 is 0 Å². The minimum absolute atomic E-state index is 0.0392. The summed E-state index contributed by atoms with van der Waals surface area (Å²) in [4.78, 5) is 19.4. The lowest BCUT2D eigenvalue weighted by Crippen LogP contribution is -2.27. The first-order chi connectivity index (χ1) is 11.7. The molecule has 1 aliphatic heterocycles. The van der Waals surface area contributed by atoms with E-state index in [0.29, 0.717) is 16.5 Å². The van der Waals surface area contributed by atoms with Crippen LogP contribution in [0, 0.1) is 5.82 Å². The number of amides is 1. The molecule has 4 heteroatoms. The minimum Gasteiger partial charge on any atom is -0.339 e. The molecule has 2 aromatic carbocycles. The highest BCUT2D eigenvalue weighted by Crippen LogP contribution is 2.27. The van der Waals surface area contributed by atoms with E-state index in [0.717, 1.165) is 37.2 Å². The van der Waals surface area contributed by atoms with Crippen molar-refractivity contribution < 1.29 is 9.18 Å². The van der Waals surface area contributed by atoms with Crippen molar-refractivity contribution >= 4 is 16.8 Å². The number of aromatic nitrogens is 1. The molecule has 1 amide bonds. The first-order valence-electron chi connectivity index (χ1n) is 8.17. The first kappa shape index (κ1) is 14.8. The summed E-state index contributed by atoms with van der Waals surface area (Å²) in [6, 6.07) is 16.0. The first-order valence-corrected chi connectivity index (χ1v) is 8.17. The second-order valence-corrected chi connectivity index (χ2v) is 6.08. The summed E-state index contributed by atoms with van der Waals surface area (Å²) < 4.78 is 13.7. The monoisotopic (exact) mass is 320 g/mol. The van der Waals surface area contributed by atoms with Crippen LogP contribution in [0.25, 0.3) is 22.2 Å². The minimum atomic E-state index is -0.354. The Morgan fingerprint density at radius 1 is 1.00 bits per heavy atom. The second kappa shape index (κ2) is 6.04. The molecule has 2 heterocycles. The Labute approximate surface area is 139 Å². The highest BCUT2D eigenvalue weighted by Gasteiger charge is 2.22. The number of carbonyl (C=O) groups is 1. The van der Waals surface area contributed by atoms with Gasteiger partial charge in [-0.1, -0.05) is 30.3 Å². The predicted molar refractivity (Wildman–Crippen MR) is 92.3 cm³/mol. The summed E-state index contributed by atoms with van der Waals surface area (Å²) in [6.07, 6.45) is 2.04. The SMILES string of the molecule is O=C(c1cc(-c2ccccc2)nc2ccc(F)cc12)N1CCCC1. The van der Waals surface area contributed by atoms with Gasteiger partial charge in [-0.15, -0.1) is 0 Å². The molecule has 0 spiro atoms. The third-order valence-corrected chi connectivity index (χ3v) is 4.46. The number of hydrogen-bond donors (Lipinski definition) is 0. The van der Waals surface area contributed by atoms with E-state index in [2.05, 4.69) is 4.98 Å². The summed E-state index contributed by atoms with van der Waals surface area (Å²) in [7, 11) is 0. The van der Waals surface area contributed by atoms with Gasteiger partial charge < -0.3 is 4.90 Å². The fourth-order valence-corrected chi connectivity index (χ4v) is 3.22. The molecule has 1 saturated heterocycles. The van der Waals surface area contributed by atoms with Crippen molar-refractivity contribution in [3.63, 3.8) is 0 Å². The molecule has 24 heavy (non-hydrogen) atoms. The Kier molecular flexibility index (Phi) is 3.73. The van der Waals surface area contributed by atoms with Crippen molar-refractivity contribution in [1.29, 1.82) is 0 Å². The number of nitrogens with zero attached hydrogens (tertiary/aromatic N) is 2. The molecule has 1 aromatic heterocycles. The molecule has 4 rings (SSSR count). The van der Waals surface area contributed by atoms with Crippen molar-refractivity contribution in [3.8, 4) is 11.3 Å². The quantitative estimate of drug-likeness (QED) is 0.706. The fraction of sp³-hybridized carbons (Fsp3) is 0.200. The average molecular weight is 320 g/mol. The van der Waals surface area contributed by atoms with Crippen molar-refractivity contribution in [2.45, 2.75) is 12.8 Å². The molecule has 0 N–H and O–H groups in total. The van der Waals surface area contributed by atoms with E-state index in [4.69, 9.17) is 0 Å². The molecule has 120 valence electrons. The number of hydrogen-bond acceptors (Lipinski definition) is 2. The molecule has 0 unspecified atom stereocenters. The molecule has 0 saturated carbocycles. The number of halogens is 1.